The number of primary amides is 1. The first-order valence-electron chi connectivity index (χ1n) is 8.26. The number of amides is 1. The molecule has 24 heavy (non-hydrogen) atoms. The van der Waals surface area contributed by atoms with Crippen LogP contribution >= 0.6 is 11.3 Å². The van der Waals surface area contributed by atoms with E-state index in [-0.39, 0.29) is 12.1 Å². The molecule has 2 aromatic rings. The molecule has 4 nitrogen and oxygen atoms in total. The number of nitrogens with zero attached hydrogens (tertiary/aromatic N) is 1. The zero-order valence-corrected chi connectivity index (χ0v) is 14.8. The van der Waals surface area contributed by atoms with Gasteiger partial charge in [0.15, 0.2) is 0 Å². The minimum atomic E-state index is -0.354. The Kier molecular flexibility index (Phi) is 4.90. The van der Waals surface area contributed by atoms with E-state index in [9.17, 15) is 4.79 Å². The molecule has 3 N–H and O–H groups in total. The van der Waals surface area contributed by atoms with E-state index in [4.69, 9.17) is 5.73 Å². The normalized spacial score (nSPS) is 18.3. The molecule has 2 unspecified atom stereocenters. The van der Waals surface area contributed by atoms with Crippen molar-refractivity contribution in [3.05, 3.63) is 52.2 Å². The lowest BCUT2D eigenvalue weighted by atomic mass is 10.1. The highest BCUT2D eigenvalue weighted by atomic mass is 32.1. The van der Waals surface area contributed by atoms with Gasteiger partial charge in [-0.05, 0) is 42.5 Å². The number of rotatable bonds is 5. The zero-order chi connectivity index (χ0) is 17.1. The number of benzene rings is 1. The molecular weight excluding hydrogens is 318 g/mol. The Balaban J connectivity index is 2.07. The first kappa shape index (κ1) is 16.6. The molecule has 2 heterocycles. The van der Waals surface area contributed by atoms with Crippen molar-refractivity contribution in [3.8, 4) is 0 Å². The van der Waals surface area contributed by atoms with Gasteiger partial charge in [0.05, 0.1) is 0 Å². The summed E-state index contributed by atoms with van der Waals surface area (Å²) in [4.78, 5) is 14.3. The van der Waals surface area contributed by atoms with Crippen LogP contribution in [0.4, 0.5) is 11.4 Å². The molecule has 0 saturated heterocycles. The lowest BCUT2D eigenvalue weighted by Crippen LogP contribution is -2.46. The summed E-state index contributed by atoms with van der Waals surface area (Å²) in [5, 5.41) is 7.71. The van der Waals surface area contributed by atoms with Crippen molar-refractivity contribution in [1.29, 1.82) is 0 Å². The highest BCUT2D eigenvalue weighted by Gasteiger charge is 2.29. The first-order valence-corrected chi connectivity index (χ1v) is 9.21. The van der Waals surface area contributed by atoms with Crippen molar-refractivity contribution >= 4 is 34.7 Å². The Morgan fingerprint density at radius 1 is 1.42 bits per heavy atom. The van der Waals surface area contributed by atoms with Gasteiger partial charge in [0.1, 0.15) is 6.17 Å². The molecular formula is C19H23N3OS. The van der Waals surface area contributed by atoms with Crippen LogP contribution in [0.3, 0.4) is 0 Å². The van der Waals surface area contributed by atoms with E-state index in [0.717, 1.165) is 23.4 Å². The van der Waals surface area contributed by atoms with E-state index in [1.807, 2.05) is 29.7 Å². The largest absolute Gasteiger partial charge is 0.366 e. The lowest BCUT2D eigenvalue weighted by Gasteiger charge is -2.38. The molecule has 1 amide bonds. The SMILES string of the molecule is CCC(C)N1c2ccccc2C=C(C(N)=O)CC1Nc1ccsc1. The maximum absolute atomic E-state index is 11.9. The van der Waals surface area contributed by atoms with Gasteiger partial charge in [-0.3, -0.25) is 4.79 Å². The molecule has 0 aliphatic carbocycles. The number of carbonyl (C=O) groups is 1. The molecule has 1 aliphatic rings. The predicted molar refractivity (Wildman–Crippen MR) is 102 cm³/mol. The Morgan fingerprint density at radius 3 is 2.88 bits per heavy atom. The molecule has 0 fully saturated rings. The topological polar surface area (TPSA) is 58.4 Å². The fourth-order valence-electron chi connectivity index (χ4n) is 3.14. The second-order valence-electron chi connectivity index (χ2n) is 6.13. The third-order valence-corrected chi connectivity index (χ3v) is 5.21. The second-order valence-corrected chi connectivity index (χ2v) is 6.91. The number of anilines is 2. The van der Waals surface area contributed by atoms with Crippen molar-refractivity contribution in [2.24, 2.45) is 5.73 Å². The van der Waals surface area contributed by atoms with Gasteiger partial charge in [0.25, 0.3) is 0 Å². The molecule has 3 rings (SSSR count). The molecule has 1 aliphatic heterocycles. The number of carbonyl (C=O) groups excluding carboxylic acids is 1. The number of para-hydroxylation sites is 1. The smallest absolute Gasteiger partial charge is 0.244 e. The summed E-state index contributed by atoms with van der Waals surface area (Å²) in [7, 11) is 0. The first-order chi connectivity index (χ1) is 11.6. The number of fused-ring (bicyclic) bond motifs is 1. The second kappa shape index (κ2) is 7.09. The van der Waals surface area contributed by atoms with Gasteiger partial charge in [-0.25, -0.2) is 0 Å². The van der Waals surface area contributed by atoms with Gasteiger partial charge in [0.2, 0.25) is 5.91 Å². The quantitative estimate of drug-likeness (QED) is 0.862. The Bertz CT molecular complexity index is 739. The Labute approximate surface area is 147 Å². The van der Waals surface area contributed by atoms with Gasteiger partial charge in [-0.2, -0.15) is 11.3 Å². The molecule has 126 valence electrons. The molecule has 5 heteroatoms. The summed E-state index contributed by atoms with van der Waals surface area (Å²) < 4.78 is 0. The zero-order valence-electron chi connectivity index (χ0n) is 14.0. The van der Waals surface area contributed by atoms with Crippen molar-refractivity contribution in [2.45, 2.75) is 38.9 Å². The minimum absolute atomic E-state index is 0.0167. The van der Waals surface area contributed by atoms with E-state index in [2.05, 4.69) is 41.6 Å². The van der Waals surface area contributed by atoms with Crippen molar-refractivity contribution < 1.29 is 4.79 Å². The van der Waals surface area contributed by atoms with Gasteiger partial charge >= 0.3 is 0 Å². The highest BCUT2D eigenvalue weighted by molar-refractivity contribution is 7.08. The van der Waals surface area contributed by atoms with E-state index in [1.165, 1.54) is 0 Å². The maximum atomic E-state index is 11.9. The van der Waals surface area contributed by atoms with Crippen LogP contribution in [-0.4, -0.2) is 18.1 Å². The highest BCUT2D eigenvalue weighted by Crippen LogP contribution is 2.34. The summed E-state index contributed by atoms with van der Waals surface area (Å²) in [5.74, 6) is -0.354. The number of hydrogen-bond acceptors (Lipinski definition) is 4. The molecule has 1 aromatic heterocycles. The van der Waals surface area contributed by atoms with Crippen molar-refractivity contribution in [1.82, 2.24) is 0 Å². The monoisotopic (exact) mass is 341 g/mol. The molecule has 0 radical (unpaired) electrons. The van der Waals surface area contributed by atoms with E-state index in [1.54, 1.807) is 11.3 Å². The van der Waals surface area contributed by atoms with E-state index < -0.39 is 0 Å². The van der Waals surface area contributed by atoms with Gasteiger partial charge in [-0.1, -0.05) is 25.1 Å². The maximum Gasteiger partial charge on any atom is 0.244 e. The predicted octanol–water partition coefficient (Wildman–Crippen LogP) is 4.06. The van der Waals surface area contributed by atoms with Crippen molar-refractivity contribution in [3.63, 3.8) is 0 Å². The summed E-state index contributed by atoms with van der Waals surface area (Å²) in [5.41, 5.74) is 9.53. The molecule has 1 aromatic carbocycles. The van der Waals surface area contributed by atoms with Crippen molar-refractivity contribution in [2.75, 3.05) is 10.2 Å². The van der Waals surface area contributed by atoms with Crippen LogP contribution < -0.4 is 16.0 Å². The number of thiophene rings is 1. The van der Waals surface area contributed by atoms with Crippen LogP contribution in [0, 0.1) is 0 Å². The Morgan fingerprint density at radius 2 is 2.21 bits per heavy atom. The van der Waals surface area contributed by atoms with E-state index in [0.29, 0.717) is 18.0 Å². The summed E-state index contributed by atoms with van der Waals surface area (Å²) >= 11 is 1.65. The van der Waals surface area contributed by atoms with Gasteiger partial charge in [0, 0.05) is 34.8 Å². The molecule has 2 atom stereocenters. The fourth-order valence-corrected chi connectivity index (χ4v) is 3.74. The molecule has 0 bridgehead atoms. The minimum Gasteiger partial charge on any atom is -0.366 e. The average molecular weight is 341 g/mol. The van der Waals surface area contributed by atoms with Crippen LogP contribution in [0.2, 0.25) is 0 Å². The Hall–Kier alpha value is -2.27. The molecule has 0 saturated carbocycles. The standard InChI is InChI=1S/C19H23N3OS/c1-3-13(2)22-17-7-5-4-6-14(17)10-15(19(20)23)11-18(22)21-16-8-9-24-12-16/h4-10,12-13,18,21H,3,11H2,1-2H3,(H2,20,23). The van der Waals surface area contributed by atoms with Gasteiger partial charge in [-0.15, -0.1) is 0 Å². The fraction of sp³-hybridized carbons (Fsp3) is 0.316. The summed E-state index contributed by atoms with van der Waals surface area (Å²) in [6.07, 6.45) is 3.51. The third kappa shape index (κ3) is 3.31. The lowest BCUT2D eigenvalue weighted by molar-refractivity contribution is -0.114. The number of nitrogens with two attached hydrogens (primary N) is 1. The number of nitrogens with one attached hydrogen (secondary N) is 1. The molecule has 0 spiro atoms. The average Bonchev–Trinajstić information content (AvgIpc) is 3.02. The van der Waals surface area contributed by atoms with Crippen LogP contribution in [0.25, 0.3) is 6.08 Å². The van der Waals surface area contributed by atoms with Crippen LogP contribution in [0.5, 0.6) is 0 Å². The van der Waals surface area contributed by atoms with Crippen LogP contribution in [0.15, 0.2) is 46.7 Å². The summed E-state index contributed by atoms with van der Waals surface area (Å²) in [6, 6.07) is 10.6. The summed E-state index contributed by atoms with van der Waals surface area (Å²) in [6.45, 7) is 4.40. The van der Waals surface area contributed by atoms with E-state index >= 15 is 0 Å². The third-order valence-electron chi connectivity index (χ3n) is 4.53. The van der Waals surface area contributed by atoms with Crippen LogP contribution in [0.1, 0.15) is 32.3 Å². The van der Waals surface area contributed by atoms with Gasteiger partial charge < -0.3 is 16.0 Å². The van der Waals surface area contributed by atoms with Crippen LogP contribution in [-0.2, 0) is 4.79 Å². The number of hydrogen-bond donors (Lipinski definition) is 2.